The molecule has 1 unspecified atom stereocenters. The van der Waals surface area contributed by atoms with Crippen molar-refractivity contribution in [3.8, 4) is 0 Å². The van der Waals surface area contributed by atoms with Gasteiger partial charge in [0.15, 0.2) is 0 Å². The molecule has 2 aliphatic heterocycles. The smallest absolute Gasteiger partial charge is 0.222 e. The average Bonchev–Trinajstić information content (AvgIpc) is 2.88. The molecule has 2 aliphatic rings. The largest absolute Gasteiger partial charge is 0.356 e. The summed E-state index contributed by atoms with van der Waals surface area (Å²) in [7, 11) is 0. The fraction of sp³-hybridized carbons (Fsp3) is 0.423. The van der Waals surface area contributed by atoms with Crippen LogP contribution < -0.4 is 9.80 Å². The van der Waals surface area contributed by atoms with Crippen LogP contribution in [0, 0.1) is 5.92 Å². The Kier molecular flexibility index (Phi) is 6.19. The van der Waals surface area contributed by atoms with Crippen LogP contribution in [-0.4, -0.2) is 60.0 Å². The minimum Gasteiger partial charge on any atom is -0.356 e. The van der Waals surface area contributed by atoms with Gasteiger partial charge in [-0.05, 0) is 55.5 Å². The van der Waals surface area contributed by atoms with Crippen LogP contribution in [0.1, 0.15) is 25.7 Å². The monoisotopic (exact) mass is 429 g/mol. The highest BCUT2D eigenvalue weighted by atomic mass is 16.2. The molecule has 1 amide bonds. The molecular formula is C26H31N5O. The second-order valence-electron chi connectivity index (χ2n) is 8.91. The summed E-state index contributed by atoms with van der Waals surface area (Å²) in [5.41, 5.74) is 1.05. The van der Waals surface area contributed by atoms with Crippen molar-refractivity contribution in [3.05, 3.63) is 60.8 Å². The van der Waals surface area contributed by atoms with Crippen molar-refractivity contribution >= 4 is 28.4 Å². The van der Waals surface area contributed by atoms with E-state index in [2.05, 4.69) is 45.1 Å². The van der Waals surface area contributed by atoms with Gasteiger partial charge in [-0.25, -0.2) is 9.97 Å². The van der Waals surface area contributed by atoms with E-state index in [1.165, 1.54) is 11.8 Å². The Hall–Kier alpha value is -3.15. The summed E-state index contributed by atoms with van der Waals surface area (Å²) >= 11 is 0. The summed E-state index contributed by atoms with van der Waals surface area (Å²) in [4.78, 5) is 28.8. The van der Waals surface area contributed by atoms with Gasteiger partial charge in [-0.15, -0.1) is 0 Å². The van der Waals surface area contributed by atoms with Crippen LogP contribution in [0.25, 0.3) is 10.9 Å². The summed E-state index contributed by atoms with van der Waals surface area (Å²) < 4.78 is 0. The number of piperazine rings is 1. The van der Waals surface area contributed by atoms with Crippen molar-refractivity contribution in [2.45, 2.75) is 25.7 Å². The predicted octanol–water partition coefficient (Wildman–Crippen LogP) is 3.98. The van der Waals surface area contributed by atoms with Gasteiger partial charge in [0.2, 0.25) is 5.91 Å². The molecule has 5 rings (SSSR count). The Balaban J connectivity index is 1.12. The summed E-state index contributed by atoms with van der Waals surface area (Å²) in [6, 6.07) is 18.6. The first-order chi connectivity index (χ1) is 15.8. The van der Waals surface area contributed by atoms with E-state index >= 15 is 0 Å². The van der Waals surface area contributed by atoms with Crippen LogP contribution in [0.2, 0.25) is 0 Å². The Morgan fingerprint density at radius 3 is 2.56 bits per heavy atom. The number of anilines is 2. The minimum atomic E-state index is 0.298. The van der Waals surface area contributed by atoms with Crippen molar-refractivity contribution in [2.24, 2.45) is 5.92 Å². The van der Waals surface area contributed by atoms with Crippen LogP contribution in [0.5, 0.6) is 0 Å². The molecule has 6 nitrogen and oxygen atoms in total. The third kappa shape index (κ3) is 4.69. The van der Waals surface area contributed by atoms with Gasteiger partial charge in [-0.3, -0.25) is 4.79 Å². The lowest BCUT2D eigenvalue weighted by Gasteiger charge is -2.36. The Morgan fingerprint density at radius 1 is 0.875 bits per heavy atom. The van der Waals surface area contributed by atoms with Crippen LogP contribution in [0.15, 0.2) is 60.8 Å². The standard InChI is InChI=1S/C26H31N5O/c32-26(30-18-16-29(17-19-30)24-9-3-4-14-27-24)13-10-21-6-5-15-31(20-21)25-12-11-22-7-1-2-8-23(22)28-25/h1-4,7-9,11-12,14,21H,5-6,10,13,15-20H2. The lowest BCUT2D eigenvalue weighted by atomic mass is 9.93. The molecule has 0 spiro atoms. The zero-order valence-electron chi connectivity index (χ0n) is 18.6. The number of fused-ring (bicyclic) bond motifs is 1. The number of piperidine rings is 1. The molecule has 3 aromatic rings. The summed E-state index contributed by atoms with van der Waals surface area (Å²) in [6.45, 7) is 5.32. The molecule has 2 aromatic heterocycles. The summed E-state index contributed by atoms with van der Waals surface area (Å²) in [6.07, 6.45) is 5.80. The summed E-state index contributed by atoms with van der Waals surface area (Å²) in [5.74, 6) is 2.91. The molecule has 1 aromatic carbocycles. The second kappa shape index (κ2) is 9.55. The molecule has 1 atom stereocenters. The molecule has 0 aliphatic carbocycles. The number of para-hydroxylation sites is 1. The molecule has 2 fully saturated rings. The molecule has 0 radical (unpaired) electrons. The highest BCUT2D eigenvalue weighted by molar-refractivity contribution is 5.80. The first kappa shape index (κ1) is 20.7. The quantitative estimate of drug-likeness (QED) is 0.614. The molecule has 6 heteroatoms. The molecular weight excluding hydrogens is 398 g/mol. The number of hydrogen-bond acceptors (Lipinski definition) is 5. The number of benzene rings is 1. The van der Waals surface area contributed by atoms with Gasteiger partial charge in [0.1, 0.15) is 11.6 Å². The third-order valence-electron chi connectivity index (χ3n) is 6.80. The van der Waals surface area contributed by atoms with Crippen molar-refractivity contribution in [2.75, 3.05) is 49.1 Å². The first-order valence-electron chi connectivity index (χ1n) is 11.8. The number of amides is 1. The number of aromatic nitrogens is 2. The van der Waals surface area contributed by atoms with E-state index in [1.54, 1.807) is 0 Å². The maximum absolute atomic E-state index is 12.8. The van der Waals surface area contributed by atoms with E-state index < -0.39 is 0 Å². The zero-order valence-corrected chi connectivity index (χ0v) is 18.6. The topological polar surface area (TPSA) is 52.6 Å². The normalized spacial score (nSPS) is 19.4. The molecule has 32 heavy (non-hydrogen) atoms. The lowest BCUT2D eigenvalue weighted by Crippen LogP contribution is -2.49. The fourth-order valence-electron chi connectivity index (χ4n) is 4.95. The van der Waals surface area contributed by atoms with E-state index in [9.17, 15) is 4.79 Å². The number of carbonyl (C=O) groups is 1. The fourth-order valence-corrected chi connectivity index (χ4v) is 4.95. The van der Waals surface area contributed by atoms with Crippen molar-refractivity contribution < 1.29 is 4.79 Å². The lowest BCUT2D eigenvalue weighted by molar-refractivity contribution is -0.131. The van der Waals surface area contributed by atoms with Crippen molar-refractivity contribution in [3.63, 3.8) is 0 Å². The predicted molar refractivity (Wildman–Crippen MR) is 129 cm³/mol. The average molecular weight is 430 g/mol. The Labute approximate surface area is 189 Å². The number of hydrogen-bond donors (Lipinski definition) is 0. The molecule has 0 N–H and O–H groups in total. The van der Waals surface area contributed by atoms with E-state index in [4.69, 9.17) is 4.98 Å². The maximum Gasteiger partial charge on any atom is 0.222 e. The highest BCUT2D eigenvalue weighted by Gasteiger charge is 2.25. The SMILES string of the molecule is O=C(CCC1CCCN(c2ccc3ccccc3n2)C1)N1CCN(c2ccccn2)CC1. The van der Waals surface area contributed by atoms with E-state index in [0.29, 0.717) is 18.2 Å². The van der Waals surface area contributed by atoms with Gasteiger partial charge in [0.05, 0.1) is 5.52 Å². The minimum absolute atomic E-state index is 0.298. The van der Waals surface area contributed by atoms with Crippen molar-refractivity contribution in [1.82, 2.24) is 14.9 Å². The number of rotatable bonds is 5. The van der Waals surface area contributed by atoms with Crippen LogP contribution in [-0.2, 0) is 4.79 Å². The van der Waals surface area contributed by atoms with Gasteiger partial charge >= 0.3 is 0 Å². The zero-order chi connectivity index (χ0) is 21.8. The van der Waals surface area contributed by atoms with Crippen LogP contribution in [0.4, 0.5) is 11.6 Å². The van der Waals surface area contributed by atoms with Gasteiger partial charge in [-0.1, -0.05) is 24.3 Å². The van der Waals surface area contributed by atoms with Crippen LogP contribution in [0.3, 0.4) is 0 Å². The van der Waals surface area contributed by atoms with Crippen LogP contribution >= 0.6 is 0 Å². The van der Waals surface area contributed by atoms with E-state index in [1.807, 2.05) is 35.4 Å². The van der Waals surface area contributed by atoms with E-state index in [-0.39, 0.29) is 0 Å². The Bertz CT molecular complexity index is 1050. The van der Waals surface area contributed by atoms with Gasteiger partial charge < -0.3 is 14.7 Å². The molecule has 2 saturated heterocycles. The van der Waals surface area contributed by atoms with Gasteiger partial charge in [0, 0.05) is 57.3 Å². The van der Waals surface area contributed by atoms with E-state index in [0.717, 1.165) is 69.3 Å². The maximum atomic E-state index is 12.8. The summed E-state index contributed by atoms with van der Waals surface area (Å²) in [5, 5.41) is 1.18. The van der Waals surface area contributed by atoms with Crippen molar-refractivity contribution in [1.29, 1.82) is 0 Å². The molecule has 4 heterocycles. The number of carbonyl (C=O) groups excluding carboxylic acids is 1. The van der Waals surface area contributed by atoms with Gasteiger partial charge in [0.25, 0.3) is 0 Å². The molecule has 0 bridgehead atoms. The highest BCUT2D eigenvalue weighted by Crippen LogP contribution is 2.26. The Morgan fingerprint density at radius 2 is 1.72 bits per heavy atom. The number of pyridine rings is 2. The molecule has 0 saturated carbocycles. The molecule has 166 valence electrons. The van der Waals surface area contributed by atoms with Gasteiger partial charge in [-0.2, -0.15) is 0 Å². The number of nitrogens with zero attached hydrogens (tertiary/aromatic N) is 5. The second-order valence-corrected chi connectivity index (χ2v) is 8.91. The first-order valence-corrected chi connectivity index (χ1v) is 11.8. The third-order valence-corrected chi connectivity index (χ3v) is 6.80.